The van der Waals surface area contributed by atoms with Crippen molar-refractivity contribution in [3.8, 4) is 5.88 Å². The molecule has 0 unspecified atom stereocenters. The molecule has 1 aliphatic heterocycles. The van der Waals surface area contributed by atoms with Crippen molar-refractivity contribution in [2.75, 3.05) is 13.1 Å². The number of ether oxygens (including phenoxy) is 1. The van der Waals surface area contributed by atoms with Gasteiger partial charge in [-0.15, -0.1) is 5.10 Å². The molecule has 6 rings (SSSR count). The van der Waals surface area contributed by atoms with E-state index in [1.54, 1.807) is 6.20 Å². The van der Waals surface area contributed by atoms with Gasteiger partial charge in [-0.25, -0.2) is 0 Å². The molecule has 1 amide bonds. The first-order valence-corrected chi connectivity index (χ1v) is 9.94. The fourth-order valence-electron chi connectivity index (χ4n) is 6.41. The zero-order chi connectivity index (χ0) is 16.9. The zero-order valence-corrected chi connectivity index (χ0v) is 14.8. The maximum atomic E-state index is 13.4. The largest absolute Gasteiger partial charge is 0.473 e. The molecule has 0 spiro atoms. The Hall–Kier alpha value is -1.65. The molecule has 5 nitrogen and oxygen atoms in total. The van der Waals surface area contributed by atoms with Gasteiger partial charge in [0.05, 0.1) is 5.41 Å². The summed E-state index contributed by atoms with van der Waals surface area (Å²) in [5.74, 6) is 3.53. The smallest absolute Gasteiger partial charge is 0.233 e. The zero-order valence-electron chi connectivity index (χ0n) is 14.8. The van der Waals surface area contributed by atoms with Crippen LogP contribution in [0.5, 0.6) is 5.88 Å². The van der Waals surface area contributed by atoms with Gasteiger partial charge in [0.25, 0.3) is 0 Å². The van der Waals surface area contributed by atoms with E-state index in [4.69, 9.17) is 4.74 Å². The predicted octanol–water partition coefficient (Wildman–Crippen LogP) is 3.06. The maximum absolute atomic E-state index is 13.4. The van der Waals surface area contributed by atoms with Crippen LogP contribution < -0.4 is 4.74 Å². The fourth-order valence-corrected chi connectivity index (χ4v) is 6.41. The standard InChI is InChI=1S/C20H27N3O2/c24-19(20-11-14-8-15(12-20)10-16(9-14)13-20)23-6-3-17(4-7-23)25-18-2-1-5-21-22-18/h1-2,5,14-17H,3-4,6-13H2. The van der Waals surface area contributed by atoms with Crippen molar-refractivity contribution in [2.24, 2.45) is 23.2 Å². The van der Waals surface area contributed by atoms with Crippen LogP contribution in [0, 0.1) is 23.2 Å². The number of rotatable bonds is 3. The normalized spacial score (nSPS) is 37.3. The Balaban J connectivity index is 1.22. The molecule has 4 aliphatic carbocycles. The SMILES string of the molecule is O=C(N1CCC(Oc2cccnn2)CC1)C12CC3CC(CC(C3)C1)C2. The lowest BCUT2D eigenvalue weighted by Gasteiger charge is -2.57. The van der Waals surface area contributed by atoms with Gasteiger partial charge in [-0.2, -0.15) is 5.10 Å². The number of carbonyl (C=O) groups excluding carboxylic acids is 1. The van der Waals surface area contributed by atoms with Crippen LogP contribution >= 0.6 is 0 Å². The van der Waals surface area contributed by atoms with Gasteiger partial charge in [-0.3, -0.25) is 4.79 Å². The third kappa shape index (κ3) is 2.81. The van der Waals surface area contributed by atoms with Crippen molar-refractivity contribution >= 4 is 5.91 Å². The Morgan fingerprint density at radius 1 is 1.08 bits per heavy atom. The summed E-state index contributed by atoms with van der Waals surface area (Å²) in [7, 11) is 0. The van der Waals surface area contributed by atoms with Gasteiger partial charge in [0, 0.05) is 38.2 Å². The molecule has 0 N–H and O–H groups in total. The van der Waals surface area contributed by atoms with Crippen molar-refractivity contribution in [1.82, 2.24) is 15.1 Å². The Kier molecular flexibility index (Phi) is 3.72. The fraction of sp³-hybridized carbons (Fsp3) is 0.750. The van der Waals surface area contributed by atoms with Crippen LogP contribution in [0.1, 0.15) is 51.4 Å². The minimum atomic E-state index is -0.00660. The van der Waals surface area contributed by atoms with Crippen LogP contribution in [0.3, 0.4) is 0 Å². The number of hydrogen-bond acceptors (Lipinski definition) is 4. The molecule has 1 aromatic heterocycles. The summed E-state index contributed by atoms with van der Waals surface area (Å²) < 4.78 is 5.92. The quantitative estimate of drug-likeness (QED) is 0.848. The van der Waals surface area contributed by atoms with Gasteiger partial charge in [-0.05, 0) is 62.3 Å². The summed E-state index contributed by atoms with van der Waals surface area (Å²) in [6.45, 7) is 1.65. The molecule has 0 radical (unpaired) electrons. The van der Waals surface area contributed by atoms with E-state index in [9.17, 15) is 4.79 Å². The van der Waals surface area contributed by atoms with Gasteiger partial charge >= 0.3 is 0 Å². The first-order chi connectivity index (χ1) is 12.2. The second kappa shape index (κ2) is 5.96. The van der Waals surface area contributed by atoms with Gasteiger partial charge < -0.3 is 9.64 Å². The molecule has 4 bridgehead atoms. The molecule has 134 valence electrons. The lowest BCUT2D eigenvalue weighted by Crippen LogP contribution is -2.56. The topological polar surface area (TPSA) is 55.3 Å². The molecule has 0 atom stereocenters. The highest BCUT2D eigenvalue weighted by molar-refractivity contribution is 5.83. The summed E-state index contributed by atoms with van der Waals surface area (Å²) in [5.41, 5.74) is -0.00660. The lowest BCUT2D eigenvalue weighted by atomic mass is 9.49. The average molecular weight is 341 g/mol. The van der Waals surface area contributed by atoms with Gasteiger partial charge in [-0.1, -0.05) is 0 Å². The second-order valence-corrected chi connectivity index (χ2v) is 8.87. The van der Waals surface area contributed by atoms with Crippen molar-refractivity contribution in [3.63, 3.8) is 0 Å². The Morgan fingerprint density at radius 3 is 2.28 bits per heavy atom. The van der Waals surface area contributed by atoms with Crippen LogP contribution in [0.25, 0.3) is 0 Å². The Labute approximate surface area is 149 Å². The minimum Gasteiger partial charge on any atom is -0.473 e. The summed E-state index contributed by atoms with van der Waals surface area (Å²) in [4.78, 5) is 15.5. The van der Waals surface area contributed by atoms with Crippen LogP contribution in [-0.4, -0.2) is 40.2 Å². The van der Waals surface area contributed by atoms with E-state index in [1.165, 1.54) is 19.3 Å². The van der Waals surface area contributed by atoms with Crippen molar-refractivity contribution in [2.45, 2.75) is 57.5 Å². The third-order valence-corrected chi connectivity index (χ3v) is 7.06. The summed E-state index contributed by atoms with van der Waals surface area (Å²) in [6.07, 6.45) is 11.2. The molecule has 2 heterocycles. The van der Waals surface area contributed by atoms with Gasteiger partial charge in [0.2, 0.25) is 11.8 Å². The molecule has 25 heavy (non-hydrogen) atoms. The van der Waals surface area contributed by atoms with E-state index in [-0.39, 0.29) is 11.5 Å². The molecule has 5 fully saturated rings. The number of piperidine rings is 1. The summed E-state index contributed by atoms with van der Waals surface area (Å²) >= 11 is 0. The number of aromatic nitrogens is 2. The van der Waals surface area contributed by atoms with E-state index < -0.39 is 0 Å². The molecule has 4 saturated carbocycles. The minimum absolute atomic E-state index is 0.00660. The number of hydrogen-bond donors (Lipinski definition) is 0. The second-order valence-electron chi connectivity index (χ2n) is 8.87. The predicted molar refractivity (Wildman–Crippen MR) is 92.9 cm³/mol. The highest BCUT2D eigenvalue weighted by Crippen LogP contribution is 2.60. The first kappa shape index (κ1) is 15.6. The summed E-state index contributed by atoms with van der Waals surface area (Å²) in [6, 6.07) is 3.69. The maximum Gasteiger partial charge on any atom is 0.233 e. The van der Waals surface area contributed by atoms with Crippen LogP contribution in [0.4, 0.5) is 0 Å². The molecule has 0 aromatic carbocycles. The van der Waals surface area contributed by atoms with Crippen molar-refractivity contribution in [3.05, 3.63) is 18.3 Å². The Morgan fingerprint density at radius 2 is 1.72 bits per heavy atom. The number of nitrogens with zero attached hydrogens (tertiary/aromatic N) is 3. The van der Waals surface area contributed by atoms with Crippen LogP contribution in [0.15, 0.2) is 18.3 Å². The van der Waals surface area contributed by atoms with E-state index in [1.807, 2.05) is 12.1 Å². The van der Waals surface area contributed by atoms with Crippen LogP contribution in [-0.2, 0) is 4.79 Å². The molecule has 5 heteroatoms. The third-order valence-electron chi connectivity index (χ3n) is 7.06. The molecule has 1 saturated heterocycles. The highest BCUT2D eigenvalue weighted by atomic mass is 16.5. The molecular formula is C20H27N3O2. The first-order valence-electron chi connectivity index (χ1n) is 9.94. The number of likely N-dealkylation sites (tertiary alicyclic amines) is 1. The average Bonchev–Trinajstić information content (AvgIpc) is 2.61. The summed E-state index contributed by atoms with van der Waals surface area (Å²) in [5, 5.41) is 7.86. The van der Waals surface area contributed by atoms with Crippen molar-refractivity contribution < 1.29 is 9.53 Å². The monoisotopic (exact) mass is 341 g/mol. The van der Waals surface area contributed by atoms with E-state index >= 15 is 0 Å². The number of amides is 1. The van der Waals surface area contributed by atoms with E-state index in [2.05, 4.69) is 15.1 Å². The van der Waals surface area contributed by atoms with E-state index in [0.717, 1.165) is 62.9 Å². The lowest BCUT2D eigenvalue weighted by molar-refractivity contribution is -0.159. The molecule has 1 aromatic rings. The van der Waals surface area contributed by atoms with Gasteiger partial charge in [0.1, 0.15) is 6.10 Å². The van der Waals surface area contributed by atoms with Crippen molar-refractivity contribution in [1.29, 1.82) is 0 Å². The van der Waals surface area contributed by atoms with Crippen LogP contribution in [0.2, 0.25) is 0 Å². The van der Waals surface area contributed by atoms with Gasteiger partial charge in [0.15, 0.2) is 0 Å². The molecular weight excluding hydrogens is 314 g/mol. The van der Waals surface area contributed by atoms with E-state index in [0.29, 0.717) is 11.8 Å². The Bertz CT molecular complexity index is 604. The highest BCUT2D eigenvalue weighted by Gasteiger charge is 2.55. The molecule has 5 aliphatic rings. The number of carbonyl (C=O) groups is 1.